The van der Waals surface area contributed by atoms with E-state index in [4.69, 9.17) is 21.1 Å². The largest absolute Gasteiger partial charge is 0.464 e. The molecular weight excluding hydrogens is 420 g/mol. The predicted octanol–water partition coefficient (Wildman–Crippen LogP) is 4.75. The van der Waals surface area contributed by atoms with Crippen molar-refractivity contribution in [3.63, 3.8) is 0 Å². The van der Waals surface area contributed by atoms with Crippen LogP contribution in [-0.4, -0.2) is 31.3 Å². The lowest BCUT2D eigenvalue weighted by molar-refractivity contribution is -0.114. The van der Waals surface area contributed by atoms with Crippen molar-refractivity contribution in [2.75, 3.05) is 25.3 Å². The van der Waals surface area contributed by atoms with E-state index in [1.54, 1.807) is 18.9 Å². The summed E-state index contributed by atoms with van der Waals surface area (Å²) in [6.45, 7) is 4.35. The topological polar surface area (TPSA) is 51.7 Å². The van der Waals surface area contributed by atoms with Crippen LogP contribution >= 0.6 is 27.5 Å². The van der Waals surface area contributed by atoms with Gasteiger partial charge in [-0.15, -0.1) is 0 Å². The Bertz CT molecular complexity index is 899. The van der Waals surface area contributed by atoms with E-state index in [0.717, 1.165) is 22.4 Å². The van der Waals surface area contributed by atoms with Crippen LogP contribution in [0.2, 0.25) is 5.02 Å². The number of anilines is 1. The second kappa shape index (κ2) is 7.78. The predicted molar refractivity (Wildman–Crippen MR) is 106 cm³/mol. The Balaban J connectivity index is 2.01. The molecule has 0 N–H and O–H groups in total. The van der Waals surface area contributed by atoms with Crippen LogP contribution in [0.5, 0.6) is 5.75 Å². The number of carbonyl (C=O) groups is 1. The molecule has 136 valence electrons. The molecule has 26 heavy (non-hydrogen) atoms. The van der Waals surface area contributed by atoms with E-state index in [1.807, 2.05) is 37.3 Å². The van der Waals surface area contributed by atoms with Crippen LogP contribution in [0.15, 0.2) is 40.5 Å². The zero-order valence-corrected chi connectivity index (χ0v) is 17.0. The number of pyridine rings is 1. The molecule has 0 saturated heterocycles. The highest BCUT2D eigenvalue weighted by Crippen LogP contribution is 2.39. The minimum Gasteiger partial charge on any atom is -0.464 e. The number of halogens is 2. The Kier molecular flexibility index (Phi) is 5.65. The fourth-order valence-electron chi connectivity index (χ4n) is 2.81. The summed E-state index contributed by atoms with van der Waals surface area (Å²) in [6.07, 6.45) is 1.90. The van der Waals surface area contributed by atoms with Gasteiger partial charge in [0.2, 0.25) is 0 Å². The van der Waals surface area contributed by atoms with Gasteiger partial charge in [0, 0.05) is 30.5 Å². The molecule has 0 aliphatic carbocycles. The van der Waals surface area contributed by atoms with Gasteiger partial charge in [0.25, 0.3) is 5.91 Å². The molecule has 0 fully saturated rings. The number of ether oxygens (including phenoxy) is 2. The zero-order chi connectivity index (χ0) is 18.8. The lowest BCUT2D eigenvalue weighted by Gasteiger charge is -2.19. The highest BCUT2D eigenvalue weighted by Gasteiger charge is 2.24. The maximum atomic E-state index is 12.2. The van der Waals surface area contributed by atoms with Crippen molar-refractivity contribution in [2.45, 2.75) is 13.8 Å². The van der Waals surface area contributed by atoms with E-state index in [-0.39, 0.29) is 12.7 Å². The first kappa shape index (κ1) is 18.9. The number of hydrogen-bond donors (Lipinski definition) is 0. The monoisotopic (exact) mass is 436 g/mol. The number of hydrogen-bond acceptors (Lipinski definition) is 4. The van der Waals surface area contributed by atoms with Crippen molar-refractivity contribution in [1.29, 1.82) is 0 Å². The fourth-order valence-corrected chi connectivity index (χ4v) is 3.70. The molecule has 0 bridgehead atoms. The van der Waals surface area contributed by atoms with Gasteiger partial charge in [-0.25, -0.2) is 4.98 Å². The number of carbonyl (C=O) groups excluding carboxylic acids is 1. The molecule has 0 spiro atoms. The van der Waals surface area contributed by atoms with Crippen LogP contribution < -0.4 is 9.64 Å². The summed E-state index contributed by atoms with van der Waals surface area (Å²) in [5, 5.41) is 0.502. The van der Waals surface area contributed by atoms with Crippen molar-refractivity contribution in [2.24, 2.45) is 0 Å². The van der Waals surface area contributed by atoms with E-state index in [0.29, 0.717) is 27.6 Å². The van der Waals surface area contributed by atoms with Gasteiger partial charge < -0.3 is 14.4 Å². The van der Waals surface area contributed by atoms with Crippen molar-refractivity contribution in [1.82, 2.24) is 4.98 Å². The lowest BCUT2D eigenvalue weighted by Crippen LogP contribution is -2.26. The molecule has 0 unspecified atom stereocenters. The van der Waals surface area contributed by atoms with Gasteiger partial charge in [0.15, 0.2) is 12.5 Å². The third-order valence-corrected chi connectivity index (χ3v) is 4.93. The first-order valence-electron chi connectivity index (χ1n) is 7.99. The summed E-state index contributed by atoms with van der Waals surface area (Å²) in [7, 11) is 1.56. The zero-order valence-electron chi connectivity index (χ0n) is 14.7. The molecule has 1 amide bonds. The fraction of sp³-hybridized carbons (Fsp3) is 0.263. The molecule has 1 aromatic carbocycles. The quantitative estimate of drug-likeness (QED) is 0.500. The minimum absolute atomic E-state index is 0.0220. The molecule has 7 heteroatoms. The van der Waals surface area contributed by atoms with Crippen LogP contribution in [0.3, 0.4) is 0 Å². The van der Waals surface area contributed by atoms with Crippen LogP contribution in [0.25, 0.3) is 11.1 Å². The molecule has 0 radical (unpaired) electrons. The van der Waals surface area contributed by atoms with E-state index in [1.165, 1.54) is 0 Å². The minimum atomic E-state index is -0.0220. The Hall–Kier alpha value is -1.89. The molecule has 2 aromatic rings. The number of rotatable bonds is 5. The summed E-state index contributed by atoms with van der Waals surface area (Å²) in [5.74, 6) is 0.558. The third-order valence-electron chi connectivity index (χ3n) is 4.09. The van der Waals surface area contributed by atoms with Crippen molar-refractivity contribution >= 4 is 39.1 Å². The number of amides is 1. The smallest absolute Gasteiger partial charge is 0.253 e. The van der Waals surface area contributed by atoms with Gasteiger partial charge in [-0.2, -0.15) is 0 Å². The van der Waals surface area contributed by atoms with Crippen LogP contribution in [-0.2, 0) is 9.53 Å². The highest BCUT2D eigenvalue weighted by molar-refractivity contribution is 9.10. The summed E-state index contributed by atoms with van der Waals surface area (Å²) in [5.41, 5.74) is 3.97. The standard InChI is InChI=1S/C19H18BrClN2O3/c1-11-6-7-23(19(11)24)16-5-4-13(9-15(16)21)14-8-12(2)22-18(20)17(14)26-10-25-3/h4-6,8-9H,7,10H2,1-3H3. The van der Waals surface area contributed by atoms with Gasteiger partial charge >= 0.3 is 0 Å². The SMILES string of the molecule is COCOc1c(-c2ccc(N3CC=C(C)C3=O)c(Cl)c2)cc(C)nc1Br. The van der Waals surface area contributed by atoms with Gasteiger partial charge in [-0.3, -0.25) is 4.79 Å². The average molecular weight is 438 g/mol. The van der Waals surface area contributed by atoms with Crippen LogP contribution in [0.4, 0.5) is 5.69 Å². The van der Waals surface area contributed by atoms with Crippen LogP contribution in [0.1, 0.15) is 12.6 Å². The summed E-state index contributed by atoms with van der Waals surface area (Å²) >= 11 is 9.94. The molecule has 0 saturated carbocycles. The van der Waals surface area contributed by atoms with Gasteiger partial charge in [-0.05, 0) is 53.5 Å². The molecule has 0 atom stereocenters. The maximum Gasteiger partial charge on any atom is 0.253 e. The molecular formula is C19H18BrClN2O3. The lowest BCUT2D eigenvalue weighted by atomic mass is 10.0. The van der Waals surface area contributed by atoms with E-state index in [2.05, 4.69) is 20.9 Å². The number of methoxy groups -OCH3 is 1. The normalized spacial score (nSPS) is 14.0. The first-order valence-corrected chi connectivity index (χ1v) is 9.17. The number of benzene rings is 1. The Morgan fingerprint density at radius 3 is 2.69 bits per heavy atom. The van der Waals surface area contributed by atoms with Gasteiger partial charge in [0.1, 0.15) is 4.60 Å². The second-order valence-corrected chi connectivity index (χ2v) is 7.11. The summed E-state index contributed by atoms with van der Waals surface area (Å²) in [6, 6.07) is 7.53. The van der Waals surface area contributed by atoms with Crippen molar-refractivity contribution < 1.29 is 14.3 Å². The number of nitrogens with zero attached hydrogens (tertiary/aromatic N) is 2. The van der Waals surface area contributed by atoms with Crippen molar-refractivity contribution in [3.05, 3.63) is 51.2 Å². The molecule has 3 rings (SSSR count). The Labute approximate surface area is 165 Å². The third kappa shape index (κ3) is 3.63. The average Bonchev–Trinajstić information content (AvgIpc) is 2.93. The maximum absolute atomic E-state index is 12.2. The van der Waals surface area contributed by atoms with Gasteiger partial charge in [-0.1, -0.05) is 23.7 Å². The second-order valence-electron chi connectivity index (χ2n) is 5.95. The molecule has 5 nitrogen and oxygen atoms in total. The van der Waals surface area contributed by atoms with Gasteiger partial charge in [0.05, 0.1) is 10.7 Å². The highest BCUT2D eigenvalue weighted by atomic mass is 79.9. The van der Waals surface area contributed by atoms with Crippen LogP contribution in [0, 0.1) is 6.92 Å². The molecule has 1 aromatic heterocycles. The number of aryl methyl sites for hydroxylation is 1. The molecule has 1 aliphatic heterocycles. The molecule has 2 heterocycles. The van der Waals surface area contributed by atoms with E-state index < -0.39 is 0 Å². The first-order chi connectivity index (χ1) is 12.4. The Morgan fingerprint density at radius 2 is 2.08 bits per heavy atom. The van der Waals surface area contributed by atoms with Crippen molar-refractivity contribution in [3.8, 4) is 16.9 Å². The molecule has 1 aliphatic rings. The Morgan fingerprint density at radius 1 is 1.31 bits per heavy atom. The number of aromatic nitrogens is 1. The summed E-state index contributed by atoms with van der Waals surface area (Å²) in [4.78, 5) is 18.3. The van der Waals surface area contributed by atoms with E-state index >= 15 is 0 Å². The van der Waals surface area contributed by atoms with E-state index in [9.17, 15) is 4.79 Å². The summed E-state index contributed by atoms with van der Waals surface area (Å²) < 4.78 is 11.3.